The van der Waals surface area contributed by atoms with Crippen molar-refractivity contribution in [1.82, 2.24) is 14.7 Å². The molecule has 6 heteroatoms. The maximum Gasteiger partial charge on any atom is 0.274 e. The number of aromatic nitrogens is 2. The van der Waals surface area contributed by atoms with Crippen LogP contribution in [0.3, 0.4) is 0 Å². The minimum absolute atomic E-state index is 0.211. The molecule has 104 valence electrons. The number of benzene rings is 1. The molecule has 1 aliphatic heterocycles. The van der Waals surface area contributed by atoms with Crippen molar-refractivity contribution in [3.05, 3.63) is 48.0 Å². The molecule has 0 spiro atoms. The topological polar surface area (TPSA) is 58.4 Å². The lowest BCUT2D eigenvalue weighted by Gasteiger charge is -2.13. The third kappa shape index (κ3) is 2.42. The van der Waals surface area contributed by atoms with Crippen LogP contribution >= 0.6 is 0 Å². The number of amides is 1. The van der Waals surface area contributed by atoms with E-state index < -0.39 is 6.10 Å². The normalized spacial score (nSPS) is 18.5. The van der Waals surface area contributed by atoms with Crippen LogP contribution in [0, 0.1) is 5.82 Å². The lowest BCUT2D eigenvalue weighted by Crippen LogP contribution is -2.29. The molecule has 1 aromatic heterocycles. The second-order valence-corrected chi connectivity index (χ2v) is 4.82. The van der Waals surface area contributed by atoms with Gasteiger partial charge in [0.05, 0.1) is 11.8 Å². The summed E-state index contributed by atoms with van der Waals surface area (Å²) in [5.41, 5.74) is 0.855. The Morgan fingerprint density at radius 2 is 2.25 bits per heavy atom. The Morgan fingerprint density at radius 1 is 1.40 bits per heavy atom. The molecule has 1 amide bonds. The van der Waals surface area contributed by atoms with E-state index in [4.69, 9.17) is 0 Å². The van der Waals surface area contributed by atoms with E-state index in [1.165, 1.54) is 16.8 Å². The standard InChI is InChI=1S/C14H14FN3O2/c15-10-2-1-3-11(8-10)18-7-5-13(16-18)14(20)17-6-4-12(19)9-17/h1-3,5,7-8,12,19H,4,6,9H2/t12-/m0/s1. The van der Waals surface area contributed by atoms with E-state index in [9.17, 15) is 14.3 Å². The highest BCUT2D eigenvalue weighted by Crippen LogP contribution is 2.14. The van der Waals surface area contributed by atoms with Crippen molar-refractivity contribution in [1.29, 1.82) is 0 Å². The Kier molecular flexibility index (Phi) is 3.23. The van der Waals surface area contributed by atoms with Crippen LogP contribution in [0.4, 0.5) is 4.39 Å². The van der Waals surface area contributed by atoms with E-state index in [1.54, 1.807) is 29.3 Å². The SMILES string of the molecule is O=C(c1ccn(-c2cccc(F)c2)n1)N1CC[C@H](O)C1. The zero-order valence-corrected chi connectivity index (χ0v) is 10.7. The first kappa shape index (κ1) is 12.8. The Balaban J connectivity index is 1.81. The zero-order valence-electron chi connectivity index (χ0n) is 10.7. The Hall–Kier alpha value is -2.21. The van der Waals surface area contributed by atoms with Gasteiger partial charge in [0, 0.05) is 19.3 Å². The van der Waals surface area contributed by atoms with E-state index in [-0.39, 0.29) is 11.7 Å². The van der Waals surface area contributed by atoms with Gasteiger partial charge in [0.1, 0.15) is 5.82 Å². The van der Waals surface area contributed by atoms with Crippen molar-refractivity contribution in [2.45, 2.75) is 12.5 Å². The molecule has 0 radical (unpaired) electrons. The molecule has 2 aromatic rings. The first-order valence-electron chi connectivity index (χ1n) is 6.42. The monoisotopic (exact) mass is 275 g/mol. The molecule has 0 unspecified atom stereocenters. The van der Waals surface area contributed by atoms with Crippen molar-refractivity contribution < 1.29 is 14.3 Å². The van der Waals surface area contributed by atoms with Crippen molar-refractivity contribution >= 4 is 5.91 Å². The predicted molar refractivity (Wildman–Crippen MR) is 70.0 cm³/mol. The maximum absolute atomic E-state index is 13.2. The molecule has 0 saturated carbocycles. The van der Waals surface area contributed by atoms with Gasteiger partial charge in [-0.05, 0) is 30.7 Å². The highest BCUT2D eigenvalue weighted by atomic mass is 19.1. The third-order valence-electron chi connectivity index (χ3n) is 3.33. The van der Waals surface area contributed by atoms with Crippen LogP contribution in [0.25, 0.3) is 5.69 Å². The summed E-state index contributed by atoms with van der Waals surface area (Å²) in [7, 11) is 0. The largest absolute Gasteiger partial charge is 0.391 e. The fourth-order valence-corrected chi connectivity index (χ4v) is 2.29. The fourth-order valence-electron chi connectivity index (χ4n) is 2.29. The Labute approximate surface area is 115 Å². The summed E-state index contributed by atoms with van der Waals surface area (Å²) in [4.78, 5) is 13.7. The predicted octanol–water partition coefficient (Wildman–Crippen LogP) is 1.22. The molecule has 0 aliphatic carbocycles. The fraction of sp³-hybridized carbons (Fsp3) is 0.286. The van der Waals surface area contributed by atoms with Crippen molar-refractivity contribution in [2.75, 3.05) is 13.1 Å². The molecule has 1 N–H and O–H groups in total. The average Bonchev–Trinajstić information content (AvgIpc) is 3.07. The van der Waals surface area contributed by atoms with E-state index in [0.717, 1.165) is 0 Å². The van der Waals surface area contributed by atoms with Gasteiger partial charge in [-0.25, -0.2) is 9.07 Å². The number of aliphatic hydroxyl groups is 1. The number of hydrogen-bond acceptors (Lipinski definition) is 3. The van der Waals surface area contributed by atoms with Crippen LogP contribution in [0.1, 0.15) is 16.9 Å². The molecule has 5 nitrogen and oxygen atoms in total. The van der Waals surface area contributed by atoms with Crippen molar-refractivity contribution in [3.8, 4) is 5.69 Å². The molecular formula is C14H14FN3O2. The molecule has 20 heavy (non-hydrogen) atoms. The van der Waals surface area contributed by atoms with Gasteiger partial charge in [-0.3, -0.25) is 4.79 Å². The quantitative estimate of drug-likeness (QED) is 0.896. The van der Waals surface area contributed by atoms with Crippen LogP contribution < -0.4 is 0 Å². The Morgan fingerprint density at radius 3 is 2.95 bits per heavy atom. The average molecular weight is 275 g/mol. The van der Waals surface area contributed by atoms with E-state index in [1.807, 2.05) is 0 Å². The first-order chi connectivity index (χ1) is 9.63. The summed E-state index contributed by atoms with van der Waals surface area (Å²) >= 11 is 0. The molecule has 1 fully saturated rings. The lowest BCUT2D eigenvalue weighted by atomic mass is 10.3. The summed E-state index contributed by atoms with van der Waals surface area (Å²) in [6.45, 7) is 0.873. The van der Waals surface area contributed by atoms with Gasteiger partial charge >= 0.3 is 0 Å². The number of aliphatic hydroxyl groups excluding tert-OH is 1. The highest BCUT2D eigenvalue weighted by Gasteiger charge is 2.26. The molecular weight excluding hydrogens is 261 g/mol. The number of hydrogen-bond donors (Lipinski definition) is 1. The van der Waals surface area contributed by atoms with Gasteiger partial charge < -0.3 is 10.0 Å². The summed E-state index contributed by atoms with van der Waals surface area (Å²) in [6, 6.07) is 7.60. The number of halogens is 1. The van der Waals surface area contributed by atoms with Gasteiger partial charge in [-0.2, -0.15) is 5.10 Å². The zero-order chi connectivity index (χ0) is 14.1. The second-order valence-electron chi connectivity index (χ2n) is 4.82. The number of likely N-dealkylation sites (tertiary alicyclic amines) is 1. The summed E-state index contributed by atoms with van der Waals surface area (Å²) in [6.07, 6.45) is 1.76. The number of nitrogens with zero attached hydrogens (tertiary/aromatic N) is 3. The molecule has 1 aromatic carbocycles. The minimum Gasteiger partial charge on any atom is -0.391 e. The highest BCUT2D eigenvalue weighted by molar-refractivity contribution is 5.92. The van der Waals surface area contributed by atoms with Crippen LogP contribution in [0.5, 0.6) is 0 Å². The first-order valence-corrected chi connectivity index (χ1v) is 6.42. The van der Waals surface area contributed by atoms with E-state index in [2.05, 4.69) is 5.10 Å². The molecule has 3 rings (SSSR count). The number of β-amino-alcohol motifs (C(OH)–C–C–N with tert-alkyl or cyclic N) is 1. The maximum atomic E-state index is 13.2. The van der Waals surface area contributed by atoms with Gasteiger partial charge in [-0.15, -0.1) is 0 Å². The second kappa shape index (κ2) is 5.05. The number of carbonyl (C=O) groups excluding carboxylic acids is 1. The number of rotatable bonds is 2. The van der Waals surface area contributed by atoms with Crippen molar-refractivity contribution in [3.63, 3.8) is 0 Å². The van der Waals surface area contributed by atoms with Gasteiger partial charge in [-0.1, -0.05) is 6.07 Å². The summed E-state index contributed by atoms with van der Waals surface area (Å²) < 4.78 is 14.6. The van der Waals surface area contributed by atoms with Gasteiger partial charge in [0.25, 0.3) is 5.91 Å². The van der Waals surface area contributed by atoms with E-state index >= 15 is 0 Å². The molecule has 0 bridgehead atoms. The van der Waals surface area contributed by atoms with Crippen LogP contribution in [-0.4, -0.2) is 44.9 Å². The summed E-state index contributed by atoms with van der Waals surface area (Å²) in [5.74, 6) is -0.565. The van der Waals surface area contributed by atoms with Gasteiger partial charge in [0.15, 0.2) is 5.69 Å². The molecule has 1 aliphatic rings. The van der Waals surface area contributed by atoms with Gasteiger partial charge in [0.2, 0.25) is 0 Å². The van der Waals surface area contributed by atoms with Crippen LogP contribution in [0.15, 0.2) is 36.5 Å². The number of carbonyl (C=O) groups is 1. The minimum atomic E-state index is -0.454. The third-order valence-corrected chi connectivity index (χ3v) is 3.33. The molecule has 2 heterocycles. The Bertz CT molecular complexity index is 641. The molecule has 1 atom stereocenters. The van der Waals surface area contributed by atoms with Crippen LogP contribution in [-0.2, 0) is 0 Å². The summed E-state index contributed by atoms with van der Waals surface area (Å²) in [5, 5.41) is 13.6. The molecule has 1 saturated heterocycles. The van der Waals surface area contributed by atoms with Crippen LogP contribution in [0.2, 0.25) is 0 Å². The van der Waals surface area contributed by atoms with E-state index in [0.29, 0.717) is 30.9 Å². The smallest absolute Gasteiger partial charge is 0.274 e. The lowest BCUT2D eigenvalue weighted by molar-refractivity contribution is 0.0759. The van der Waals surface area contributed by atoms with Crippen molar-refractivity contribution in [2.24, 2.45) is 0 Å².